The molecule has 0 radical (unpaired) electrons. The van der Waals surface area contributed by atoms with Crippen molar-refractivity contribution < 1.29 is 0 Å². The van der Waals surface area contributed by atoms with Crippen molar-refractivity contribution in [2.45, 2.75) is 0 Å². The predicted octanol–water partition coefficient (Wildman–Crippen LogP) is 2.70. The number of hydrogen-bond donors (Lipinski definition) is 0. The second-order valence-corrected chi connectivity index (χ2v) is 6.18. The molecule has 0 saturated heterocycles. The number of halogens is 1. The van der Waals surface area contributed by atoms with Gasteiger partial charge in [0.05, 0.1) is 0 Å². The maximum atomic E-state index is 12.2. The molecule has 0 amide bonds. The van der Waals surface area contributed by atoms with Crippen molar-refractivity contribution in [3.63, 3.8) is 0 Å². The minimum atomic E-state index is -0.0152. The van der Waals surface area contributed by atoms with Gasteiger partial charge in [0.25, 0.3) is 0 Å². The second-order valence-electron chi connectivity index (χ2n) is 3.67. The molecule has 3 rings (SSSR count). The summed E-state index contributed by atoms with van der Waals surface area (Å²) in [6, 6.07) is 15.2. The average molecular weight is 309 g/mol. The summed E-state index contributed by atoms with van der Waals surface area (Å²) in [5.74, 6) is 0. The zero-order valence-electron chi connectivity index (χ0n) is 8.76. The minimum absolute atomic E-state index is 0.0152. The Morgan fingerprint density at radius 3 is 2.59 bits per heavy atom. The van der Waals surface area contributed by atoms with E-state index in [1.54, 1.807) is 6.07 Å². The molecule has 84 valence electrons. The molecule has 0 bridgehead atoms. The quantitative estimate of drug-likeness (QED) is 0.634. The molecule has 0 unspecified atom stereocenters. The van der Waals surface area contributed by atoms with Crippen LogP contribution in [-0.2, 0) is 0 Å². The fourth-order valence-electron chi connectivity index (χ4n) is 1.73. The van der Waals surface area contributed by atoms with Crippen LogP contribution in [0.25, 0.3) is 15.3 Å². The number of para-hydroxylation sites is 1. The summed E-state index contributed by atoms with van der Waals surface area (Å²) in [5, 5.41) is 1.46. The van der Waals surface area contributed by atoms with E-state index in [0.717, 1.165) is 15.3 Å². The number of nitrogens with zero attached hydrogens (tertiary/aromatic N) is 1. The first-order valence-electron chi connectivity index (χ1n) is 5.13. The molecule has 4 heteroatoms. The normalized spacial score (nSPS) is 10.9. The molecule has 3 aromatic rings. The fourth-order valence-corrected chi connectivity index (χ4v) is 4.23. The first-order chi connectivity index (χ1) is 8.25. The molecule has 2 nitrogen and oxygen atoms in total. The van der Waals surface area contributed by atoms with E-state index >= 15 is 0 Å². The third-order valence-electron chi connectivity index (χ3n) is 2.54. The number of rotatable bonds is 1. The molecular formula is C13H8ClNOSe. The van der Waals surface area contributed by atoms with E-state index in [1.165, 1.54) is 0 Å². The Morgan fingerprint density at radius 2 is 1.82 bits per heavy atom. The Labute approximate surface area is 109 Å². The predicted molar refractivity (Wildman–Crippen MR) is 71.5 cm³/mol. The first kappa shape index (κ1) is 10.8. The SMILES string of the molecule is O=c1c2ccc(Cl)cc2[se]n1-c1ccccc1. The van der Waals surface area contributed by atoms with Gasteiger partial charge >= 0.3 is 109 Å². The van der Waals surface area contributed by atoms with Crippen LogP contribution in [0.1, 0.15) is 0 Å². The molecule has 1 heterocycles. The zero-order chi connectivity index (χ0) is 11.8. The Hall–Kier alpha value is -1.28. The van der Waals surface area contributed by atoms with Crippen LogP contribution < -0.4 is 5.56 Å². The van der Waals surface area contributed by atoms with E-state index in [2.05, 4.69) is 0 Å². The molecule has 0 spiro atoms. The van der Waals surface area contributed by atoms with Crippen LogP contribution in [0.5, 0.6) is 0 Å². The molecule has 0 atom stereocenters. The van der Waals surface area contributed by atoms with Crippen molar-refractivity contribution in [3.8, 4) is 5.69 Å². The van der Waals surface area contributed by atoms with Crippen LogP contribution in [0.4, 0.5) is 0 Å². The van der Waals surface area contributed by atoms with E-state index in [0.29, 0.717) is 5.02 Å². The summed E-state index contributed by atoms with van der Waals surface area (Å²) >= 11 is 5.93. The van der Waals surface area contributed by atoms with E-state index in [1.807, 2.05) is 46.0 Å². The average Bonchev–Trinajstić information content (AvgIpc) is 2.67. The Kier molecular flexibility index (Phi) is 2.67. The van der Waals surface area contributed by atoms with E-state index in [4.69, 9.17) is 11.6 Å². The van der Waals surface area contributed by atoms with Gasteiger partial charge in [-0.05, 0) is 0 Å². The van der Waals surface area contributed by atoms with Gasteiger partial charge in [0.15, 0.2) is 0 Å². The van der Waals surface area contributed by atoms with Crippen molar-refractivity contribution >= 4 is 36.0 Å². The molecule has 2 aromatic carbocycles. The van der Waals surface area contributed by atoms with E-state index in [-0.39, 0.29) is 20.3 Å². The monoisotopic (exact) mass is 309 g/mol. The fraction of sp³-hybridized carbons (Fsp3) is 0. The van der Waals surface area contributed by atoms with Crippen LogP contribution in [0.15, 0.2) is 53.3 Å². The van der Waals surface area contributed by atoms with Gasteiger partial charge in [-0.25, -0.2) is 0 Å². The zero-order valence-corrected chi connectivity index (χ0v) is 11.2. The summed E-state index contributed by atoms with van der Waals surface area (Å²) in [5.41, 5.74) is 1.02. The van der Waals surface area contributed by atoms with Gasteiger partial charge in [0, 0.05) is 0 Å². The van der Waals surface area contributed by atoms with Crippen LogP contribution in [0, 0.1) is 0 Å². The van der Waals surface area contributed by atoms with E-state index in [9.17, 15) is 4.79 Å². The third-order valence-corrected chi connectivity index (χ3v) is 5.07. The molecule has 0 aliphatic heterocycles. The molecule has 0 aliphatic carbocycles. The van der Waals surface area contributed by atoms with Crippen molar-refractivity contribution in [1.29, 1.82) is 0 Å². The standard InChI is InChI=1S/C13H8ClNOSe/c14-9-6-7-11-12(8-9)17-15(13(11)16)10-4-2-1-3-5-10/h1-8H. The van der Waals surface area contributed by atoms with Crippen molar-refractivity contribution in [3.05, 3.63) is 63.9 Å². The Balaban J connectivity index is 2.32. The summed E-state index contributed by atoms with van der Waals surface area (Å²) < 4.78 is 2.88. The van der Waals surface area contributed by atoms with Gasteiger partial charge < -0.3 is 0 Å². The molecule has 1 aromatic heterocycles. The molecule has 0 aliphatic rings. The third kappa shape index (κ3) is 1.87. The molecular weight excluding hydrogens is 301 g/mol. The second kappa shape index (κ2) is 4.19. The summed E-state index contributed by atoms with van der Waals surface area (Å²) in [6.45, 7) is 0. The first-order valence-corrected chi connectivity index (χ1v) is 7.13. The van der Waals surface area contributed by atoms with Gasteiger partial charge in [-0.1, -0.05) is 0 Å². The van der Waals surface area contributed by atoms with Crippen molar-refractivity contribution in [1.82, 2.24) is 3.56 Å². The van der Waals surface area contributed by atoms with Crippen molar-refractivity contribution in [2.75, 3.05) is 0 Å². The van der Waals surface area contributed by atoms with Crippen molar-refractivity contribution in [2.24, 2.45) is 0 Å². The summed E-state index contributed by atoms with van der Waals surface area (Å²) in [7, 11) is 0. The Morgan fingerprint density at radius 1 is 1.06 bits per heavy atom. The molecule has 0 fully saturated rings. The van der Waals surface area contributed by atoms with E-state index < -0.39 is 0 Å². The molecule has 0 saturated carbocycles. The summed E-state index contributed by atoms with van der Waals surface area (Å²) in [6.07, 6.45) is 0. The molecule has 17 heavy (non-hydrogen) atoms. The van der Waals surface area contributed by atoms with Crippen LogP contribution >= 0.6 is 11.6 Å². The Bertz CT molecular complexity index is 730. The molecule has 0 N–H and O–H groups in total. The van der Waals surface area contributed by atoms with Gasteiger partial charge in [-0.15, -0.1) is 0 Å². The number of fused-ring (bicyclic) bond motifs is 1. The number of hydrogen-bond acceptors (Lipinski definition) is 1. The van der Waals surface area contributed by atoms with Gasteiger partial charge in [0.1, 0.15) is 0 Å². The van der Waals surface area contributed by atoms with Crippen LogP contribution in [0.2, 0.25) is 5.02 Å². The van der Waals surface area contributed by atoms with Gasteiger partial charge in [-0.2, -0.15) is 0 Å². The summed E-state index contributed by atoms with van der Waals surface area (Å²) in [4.78, 5) is 12.2. The van der Waals surface area contributed by atoms with Crippen LogP contribution in [-0.4, -0.2) is 18.3 Å². The number of aromatic nitrogens is 1. The van der Waals surface area contributed by atoms with Gasteiger partial charge in [0.2, 0.25) is 0 Å². The topological polar surface area (TPSA) is 22.0 Å². The number of benzene rings is 2. The van der Waals surface area contributed by atoms with Crippen LogP contribution in [0.3, 0.4) is 0 Å². The van der Waals surface area contributed by atoms with Gasteiger partial charge in [-0.3, -0.25) is 0 Å². The maximum absolute atomic E-state index is 12.2.